The number of esters is 1. The summed E-state index contributed by atoms with van der Waals surface area (Å²) in [7, 11) is 1.29. The Labute approximate surface area is 268 Å². The van der Waals surface area contributed by atoms with Gasteiger partial charge in [0, 0.05) is 22.4 Å². The number of ether oxygens (including phenoxy) is 1. The van der Waals surface area contributed by atoms with E-state index >= 15 is 8.78 Å². The number of allylic oxidation sites excluding steroid dienone is 5. The van der Waals surface area contributed by atoms with Gasteiger partial charge in [-0.1, -0.05) is 68.7 Å². The van der Waals surface area contributed by atoms with E-state index in [2.05, 4.69) is 23.3 Å². The van der Waals surface area contributed by atoms with Crippen molar-refractivity contribution >= 4 is 35.1 Å². The van der Waals surface area contributed by atoms with Crippen LogP contribution in [0.2, 0.25) is 5.02 Å². The summed E-state index contributed by atoms with van der Waals surface area (Å²) in [4.78, 5) is 26.2. The van der Waals surface area contributed by atoms with E-state index in [4.69, 9.17) is 27.9 Å². The van der Waals surface area contributed by atoms with Crippen LogP contribution in [0.4, 0.5) is 8.78 Å². The molecular weight excluding hydrogens is 605 g/mol. The normalized spacial score (nSPS) is 27.0. The molecule has 0 aromatic heterocycles. The zero-order valence-corrected chi connectivity index (χ0v) is 27.1. The van der Waals surface area contributed by atoms with Crippen molar-refractivity contribution in [2.45, 2.75) is 76.8 Å². The van der Waals surface area contributed by atoms with Crippen LogP contribution in [0.5, 0.6) is 0 Å². The fourth-order valence-electron chi connectivity index (χ4n) is 7.09. The number of carbonyl (C=O) groups excluding carboxylic acids is 2. The standard InChI is InChI=1S/C35H40Cl2F2N2O3/c1-5-10-25(28(39)21-36)30-31(32(42)40-24-12-9-11-22(13-15-24)33(43)44-4)41-29(20-34(2)17-7-6-8-18-34)35(30,3)26-16-14-23(37)19-27(26)38/h5,9-11,13-16,19,29-31,41H,6-8,17-18,20-21H2,1-4H3,(H,40,42)/b10-5-,28-25-/t29-,30-,31+,35+/m0/s1. The van der Waals surface area contributed by atoms with Crippen LogP contribution >= 0.6 is 23.2 Å². The molecule has 44 heavy (non-hydrogen) atoms. The molecule has 4 rings (SSSR count). The average molecular weight is 646 g/mol. The lowest BCUT2D eigenvalue weighted by molar-refractivity contribution is -0.135. The molecule has 3 aliphatic rings. The highest BCUT2D eigenvalue weighted by Crippen LogP contribution is 2.53. The largest absolute Gasteiger partial charge is 0.465 e. The molecule has 236 valence electrons. The van der Waals surface area contributed by atoms with Gasteiger partial charge in [0.2, 0.25) is 5.91 Å². The first kappa shape index (κ1) is 33.9. The van der Waals surface area contributed by atoms with Crippen LogP contribution in [0.3, 0.4) is 0 Å². The van der Waals surface area contributed by atoms with Crippen LogP contribution in [-0.4, -0.2) is 36.9 Å². The predicted octanol–water partition coefficient (Wildman–Crippen LogP) is 7.92. The van der Waals surface area contributed by atoms with Crippen LogP contribution in [-0.2, 0) is 19.7 Å². The molecule has 2 aliphatic carbocycles. The summed E-state index contributed by atoms with van der Waals surface area (Å²) in [5.74, 6) is -3.31. The lowest BCUT2D eigenvalue weighted by Gasteiger charge is -2.43. The summed E-state index contributed by atoms with van der Waals surface area (Å²) in [6.07, 6.45) is 15.5. The van der Waals surface area contributed by atoms with Crippen LogP contribution < -0.4 is 10.6 Å². The van der Waals surface area contributed by atoms with E-state index in [9.17, 15) is 9.59 Å². The highest BCUT2D eigenvalue weighted by molar-refractivity contribution is 6.30. The number of nitrogens with one attached hydrogen (secondary N) is 2. The summed E-state index contributed by atoms with van der Waals surface area (Å²) >= 11 is 12.2. The number of carbonyl (C=O) groups is 2. The first-order chi connectivity index (χ1) is 21.0. The highest BCUT2D eigenvalue weighted by atomic mass is 35.5. The van der Waals surface area contributed by atoms with Gasteiger partial charge in [-0.15, -0.1) is 11.6 Å². The minimum absolute atomic E-state index is 0.0449. The molecular formula is C35H40Cl2F2N2O3. The average Bonchev–Trinajstić information content (AvgIpc) is 3.12. The number of methoxy groups -OCH3 is 1. The van der Waals surface area contributed by atoms with Gasteiger partial charge < -0.3 is 15.4 Å². The third kappa shape index (κ3) is 7.13. The minimum Gasteiger partial charge on any atom is -0.465 e. The van der Waals surface area contributed by atoms with Crippen molar-refractivity contribution in [3.63, 3.8) is 0 Å². The van der Waals surface area contributed by atoms with E-state index in [0.717, 1.165) is 25.7 Å². The van der Waals surface area contributed by atoms with E-state index in [0.29, 0.717) is 17.7 Å². The third-order valence-electron chi connectivity index (χ3n) is 9.36. The van der Waals surface area contributed by atoms with Crippen molar-refractivity contribution in [3.8, 4) is 0 Å². The fraction of sp³-hybridized carbons (Fsp3) is 0.457. The maximum Gasteiger partial charge on any atom is 0.337 e. The molecule has 1 aromatic rings. The van der Waals surface area contributed by atoms with Crippen molar-refractivity contribution in [1.29, 1.82) is 0 Å². The van der Waals surface area contributed by atoms with Crippen molar-refractivity contribution in [3.05, 3.63) is 99.5 Å². The Morgan fingerprint density at radius 3 is 2.57 bits per heavy atom. The van der Waals surface area contributed by atoms with Crippen molar-refractivity contribution in [1.82, 2.24) is 10.6 Å². The maximum absolute atomic E-state index is 15.9. The second-order valence-electron chi connectivity index (χ2n) is 12.3. The second-order valence-corrected chi connectivity index (χ2v) is 13.0. The summed E-state index contributed by atoms with van der Waals surface area (Å²) in [5.41, 5.74) is 3.03. The van der Waals surface area contributed by atoms with Gasteiger partial charge >= 0.3 is 5.97 Å². The molecule has 2 fully saturated rings. The molecule has 1 amide bonds. The lowest BCUT2D eigenvalue weighted by atomic mass is 9.61. The molecule has 1 saturated heterocycles. The highest BCUT2D eigenvalue weighted by Gasteiger charge is 2.58. The summed E-state index contributed by atoms with van der Waals surface area (Å²) in [5, 5.41) is 6.69. The van der Waals surface area contributed by atoms with Crippen LogP contribution in [0, 0.1) is 17.2 Å². The van der Waals surface area contributed by atoms with E-state index in [-0.39, 0.29) is 21.6 Å². The van der Waals surface area contributed by atoms with Gasteiger partial charge in [0.25, 0.3) is 0 Å². The quantitative estimate of drug-likeness (QED) is 0.124. The molecule has 4 atom stereocenters. The monoisotopic (exact) mass is 644 g/mol. The molecule has 1 aliphatic heterocycles. The lowest BCUT2D eigenvalue weighted by Crippen LogP contribution is -2.46. The molecule has 0 radical (unpaired) electrons. The van der Waals surface area contributed by atoms with Crippen LogP contribution in [0.25, 0.3) is 0 Å². The minimum atomic E-state index is -1.07. The number of rotatable bonds is 9. The van der Waals surface area contributed by atoms with E-state index in [1.807, 2.05) is 6.92 Å². The zero-order chi connectivity index (χ0) is 32.1. The molecule has 1 saturated carbocycles. The SMILES string of the molecule is C/C=C\C(=C(\F)CCl)[C@H]1[C@H](C(=O)NC2=C=CC=C(C(=O)OC)C=C2)N[C@@H](CC2(C)CCCCC2)[C@@]1(C)c1ccc(Cl)cc1F. The Morgan fingerprint density at radius 1 is 1.20 bits per heavy atom. The van der Waals surface area contributed by atoms with Crippen molar-refractivity contribution in [2.24, 2.45) is 11.3 Å². The Balaban J connectivity index is 1.84. The molecule has 0 spiro atoms. The number of alkyl halides is 1. The van der Waals surface area contributed by atoms with Crippen molar-refractivity contribution in [2.75, 3.05) is 13.0 Å². The number of amides is 1. The Morgan fingerprint density at radius 2 is 1.93 bits per heavy atom. The number of halogens is 4. The van der Waals surface area contributed by atoms with E-state index in [1.165, 1.54) is 37.8 Å². The summed E-state index contributed by atoms with van der Waals surface area (Å²) in [6.45, 7) is 5.91. The molecule has 1 aromatic carbocycles. The molecule has 2 N–H and O–H groups in total. The molecule has 0 unspecified atom stereocenters. The van der Waals surface area contributed by atoms with Gasteiger partial charge in [0.1, 0.15) is 11.6 Å². The smallest absolute Gasteiger partial charge is 0.337 e. The van der Waals surface area contributed by atoms with Crippen LogP contribution in [0.1, 0.15) is 64.9 Å². The Bertz CT molecular complexity index is 1470. The fourth-order valence-corrected chi connectivity index (χ4v) is 7.41. The van der Waals surface area contributed by atoms with Gasteiger partial charge in [-0.2, -0.15) is 0 Å². The van der Waals surface area contributed by atoms with Gasteiger partial charge in [-0.05, 0) is 79.2 Å². The Hall–Kier alpha value is -2.96. The zero-order valence-electron chi connectivity index (χ0n) is 25.6. The van der Waals surface area contributed by atoms with Gasteiger partial charge in [-0.25, -0.2) is 13.6 Å². The number of hydrogen-bond donors (Lipinski definition) is 2. The summed E-state index contributed by atoms with van der Waals surface area (Å²) < 4.78 is 36.5. The van der Waals surface area contributed by atoms with E-state index in [1.54, 1.807) is 37.3 Å². The molecule has 9 heteroatoms. The Kier molecular flexibility index (Phi) is 11.1. The molecule has 5 nitrogen and oxygen atoms in total. The number of benzene rings is 1. The maximum atomic E-state index is 15.9. The van der Waals surface area contributed by atoms with Crippen LogP contribution in [0.15, 0.2) is 83.1 Å². The van der Waals surface area contributed by atoms with Crippen molar-refractivity contribution < 1.29 is 23.1 Å². The summed E-state index contributed by atoms with van der Waals surface area (Å²) in [6, 6.07) is 3.18. The number of hydrogen-bond acceptors (Lipinski definition) is 4. The topological polar surface area (TPSA) is 67.4 Å². The first-order valence-electron chi connectivity index (χ1n) is 15.0. The van der Waals surface area contributed by atoms with E-state index < -0.39 is 52.8 Å². The first-order valence-corrected chi connectivity index (χ1v) is 15.9. The van der Waals surface area contributed by atoms with Gasteiger partial charge in [-0.3, -0.25) is 4.79 Å². The molecule has 1 heterocycles. The third-order valence-corrected chi connectivity index (χ3v) is 9.83. The van der Waals surface area contributed by atoms with Gasteiger partial charge in [0.15, 0.2) is 0 Å². The van der Waals surface area contributed by atoms with Gasteiger partial charge in [0.05, 0.1) is 30.3 Å². The molecule has 0 bridgehead atoms. The second kappa shape index (κ2) is 14.4. The predicted molar refractivity (Wildman–Crippen MR) is 171 cm³/mol.